The van der Waals surface area contributed by atoms with Crippen LogP contribution in [0.2, 0.25) is 0 Å². The van der Waals surface area contributed by atoms with Gasteiger partial charge in [-0.05, 0) is 67.9 Å². The van der Waals surface area contributed by atoms with Gasteiger partial charge in [0, 0.05) is 15.9 Å². The van der Waals surface area contributed by atoms with E-state index >= 15 is 0 Å². The zero-order chi connectivity index (χ0) is 18.8. The van der Waals surface area contributed by atoms with Crippen LogP contribution >= 0.6 is 28.1 Å². The SMILES string of the molecule is CC1=C(C(=O)Nc2cccc(C)c2C)C(c2cccc(Br)c2)NC(=S)N1. The molecule has 1 aliphatic rings. The lowest BCUT2D eigenvalue weighted by molar-refractivity contribution is -0.113. The Bertz CT molecular complexity index is 923. The first-order valence-electron chi connectivity index (χ1n) is 8.28. The van der Waals surface area contributed by atoms with Gasteiger partial charge in [0.2, 0.25) is 0 Å². The van der Waals surface area contributed by atoms with Crippen LogP contribution in [-0.2, 0) is 4.79 Å². The molecule has 0 aromatic heterocycles. The van der Waals surface area contributed by atoms with Crippen molar-refractivity contribution in [1.29, 1.82) is 0 Å². The first-order chi connectivity index (χ1) is 12.4. The van der Waals surface area contributed by atoms with Crippen LogP contribution in [-0.4, -0.2) is 11.0 Å². The highest BCUT2D eigenvalue weighted by atomic mass is 79.9. The molecule has 2 aromatic carbocycles. The molecular formula is C20H20BrN3OS. The Morgan fingerprint density at radius 1 is 1.15 bits per heavy atom. The highest BCUT2D eigenvalue weighted by Crippen LogP contribution is 2.30. The maximum Gasteiger partial charge on any atom is 0.255 e. The second-order valence-electron chi connectivity index (χ2n) is 6.33. The summed E-state index contributed by atoms with van der Waals surface area (Å²) in [5, 5.41) is 9.84. The number of nitrogens with one attached hydrogen (secondary N) is 3. The van der Waals surface area contributed by atoms with Crippen LogP contribution in [0.15, 0.2) is 58.2 Å². The number of thiocarbonyl (C=S) groups is 1. The largest absolute Gasteiger partial charge is 0.351 e. The van der Waals surface area contributed by atoms with Crippen molar-refractivity contribution in [2.75, 3.05) is 5.32 Å². The van der Waals surface area contributed by atoms with Crippen molar-refractivity contribution in [1.82, 2.24) is 10.6 Å². The number of aryl methyl sites for hydroxylation is 1. The second-order valence-corrected chi connectivity index (χ2v) is 7.65. The van der Waals surface area contributed by atoms with Crippen LogP contribution in [0.4, 0.5) is 5.69 Å². The van der Waals surface area contributed by atoms with Crippen molar-refractivity contribution in [2.24, 2.45) is 0 Å². The van der Waals surface area contributed by atoms with Gasteiger partial charge in [-0.1, -0.05) is 40.2 Å². The predicted octanol–water partition coefficient (Wildman–Crippen LogP) is 4.50. The van der Waals surface area contributed by atoms with Gasteiger partial charge < -0.3 is 16.0 Å². The zero-order valence-corrected chi connectivity index (χ0v) is 17.2. The number of carbonyl (C=O) groups is 1. The van der Waals surface area contributed by atoms with Gasteiger partial charge >= 0.3 is 0 Å². The summed E-state index contributed by atoms with van der Waals surface area (Å²) < 4.78 is 0.952. The highest BCUT2D eigenvalue weighted by molar-refractivity contribution is 9.10. The molecule has 0 radical (unpaired) electrons. The van der Waals surface area contributed by atoms with Crippen molar-refractivity contribution >= 4 is 44.9 Å². The van der Waals surface area contributed by atoms with Gasteiger partial charge in [-0.25, -0.2) is 0 Å². The molecule has 0 aliphatic carbocycles. The molecular weight excluding hydrogens is 410 g/mol. The quantitative estimate of drug-likeness (QED) is 0.628. The van der Waals surface area contributed by atoms with Gasteiger partial charge in [0.1, 0.15) is 0 Å². The summed E-state index contributed by atoms with van der Waals surface area (Å²) in [5.41, 5.74) is 5.35. The monoisotopic (exact) mass is 429 g/mol. The standard InChI is InChI=1S/C20H20BrN3OS/c1-11-6-4-9-16(12(11)2)23-19(25)17-13(3)22-20(26)24-18(17)14-7-5-8-15(21)10-14/h4-10,18H,1-3H3,(H,23,25)(H2,22,24,26). The molecule has 0 saturated heterocycles. The third kappa shape index (κ3) is 3.81. The van der Waals surface area contributed by atoms with Gasteiger partial charge in [-0.2, -0.15) is 0 Å². The Morgan fingerprint density at radius 2 is 1.88 bits per heavy atom. The molecule has 26 heavy (non-hydrogen) atoms. The molecule has 0 spiro atoms. The average Bonchev–Trinajstić information content (AvgIpc) is 2.58. The first kappa shape index (κ1) is 18.6. The summed E-state index contributed by atoms with van der Waals surface area (Å²) in [5.74, 6) is -0.149. The van der Waals surface area contributed by atoms with Gasteiger partial charge in [-0.3, -0.25) is 4.79 Å². The molecule has 1 heterocycles. The zero-order valence-electron chi connectivity index (χ0n) is 14.8. The lowest BCUT2D eigenvalue weighted by atomic mass is 9.95. The molecule has 1 unspecified atom stereocenters. The summed E-state index contributed by atoms with van der Waals surface area (Å²) in [6, 6.07) is 13.4. The molecule has 3 N–H and O–H groups in total. The maximum absolute atomic E-state index is 13.1. The van der Waals surface area contributed by atoms with Crippen molar-refractivity contribution in [3.05, 3.63) is 74.9 Å². The number of anilines is 1. The fraction of sp³-hybridized carbons (Fsp3) is 0.200. The molecule has 6 heteroatoms. The summed E-state index contributed by atoms with van der Waals surface area (Å²) in [6.07, 6.45) is 0. The lowest BCUT2D eigenvalue weighted by Crippen LogP contribution is -2.45. The topological polar surface area (TPSA) is 53.2 Å². The minimum Gasteiger partial charge on any atom is -0.351 e. The van der Waals surface area contributed by atoms with Crippen molar-refractivity contribution in [3.63, 3.8) is 0 Å². The fourth-order valence-corrected chi connectivity index (χ4v) is 3.70. The molecule has 3 rings (SSSR count). The summed E-state index contributed by atoms with van der Waals surface area (Å²) in [6.45, 7) is 5.91. The number of hydrogen-bond acceptors (Lipinski definition) is 2. The number of allylic oxidation sites excluding steroid dienone is 1. The number of carbonyl (C=O) groups excluding carboxylic acids is 1. The first-order valence-corrected chi connectivity index (χ1v) is 9.48. The molecule has 134 valence electrons. The molecule has 1 aliphatic heterocycles. The Balaban J connectivity index is 1.98. The van der Waals surface area contributed by atoms with Crippen LogP contribution in [0.3, 0.4) is 0 Å². The number of rotatable bonds is 3. The highest BCUT2D eigenvalue weighted by Gasteiger charge is 2.30. The van der Waals surface area contributed by atoms with E-state index in [0.717, 1.165) is 32.5 Å². The fourth-order valence-electron chi connectivity index (χ4n) is 3.01. The predicted molar refractivity (Wildman–Crippen MR) is 113 cm³/mol. The Kier molecular flexibility index (Phi) is 5.44. The van der Waals surface area contributed by atoms with Crippen LogP contribution in [0, 0.1) is 13.8 Å². The van der Waals surface area contributed by atoms with E-state index in [9.17, 15) is 4.79 Å². The van der Waals surface area contributed by atoms with Gasteiger partial charge in [-0.15, -0.1) is 0 Å². The normalized spacial score (nSPS) is 16.8. The molecule has 0 fully saturated rings. The van der Waals surface area contributed by atoms with Crippen molar-refractivity contribution in [3.8, 4) is 0 Å². The third-order valence-corrected chi connectivity index (χ3v) is 5.26. The van der Waals surface area contributed by atoms with E-state index in [0.29, 0.717) is 10.7 Å². The summed E-state index contributed by atoms with van der Waals surface area (Å²) in [4.78, 5) is 13.1. The minimum absolute atomic E-state index is 0.149. The number of hydrogen-bond donors (Lipinski definition) is 3. The van der Waals surface area contributed by atoms with Gasteiger partial charge in [0.25, 0.3) is 5.91 Å². The molecule has 1 amide bonds. The van der Waals surface area contributed by atoms with Gasteiger partial charge in [0.05, 0.1) is 11.6 Å². The van der Waals surface area contributed by atoms with E-state index < -0.39 is 0 Å². The molecule has 1 atom stereocenters. The third-order valence-electron chi connectivity index (χ3n) is 4.55. The van der Waals surface area contributed by atoms with Crippen LogP contribution in [0.5, 0.6) is 0 Å². The average molecular weight is 430 g/mol. The Labute approximate surface area is 167 Å². The van der Waals surface area contributed by atoms with Crippen LogP contribution < -0.4 is 16.0 Å². The molecule has 0 bridgehead atoms. The lowest BCUT2D eigenvalue weighted by Gasteiger charge is -2.30. The summed E-state index contributed by atoms with van der Waals surface area (Å²) in [7, 11) is 0. The number of amides is 1. The smallest absolute Gasteiger partial charge is 0.255 e. The second kappa shape index (κ2) is 7.60. The van der Waals surface area contributed by atoms with Crippen LogP contribution in [0.1, 0.15) is 29.7 Å². The number of halogens is 1. The van der Waals surface area contributed by atoms with E-state index in [1.54, 1.807) is 0 Å². The molecule has 0 saturated carbocycles. The van der Waals surface area contributed by atoms with Gasteiger partial charge in [0.15, 0.2) is 5.11 Å². The van der Waals surface area contributed by atoms with E-state index in [1.807, 2.05) is 63.2 Å². The molecule has 4 nitrogen and oxygen atoms in total. The molecule has 2 aromatic rings. The van der Waals surface area contributed by atoms with E-state index in [2.05, 4.69) is 31.9 Å². The van der Waals surface area contributed by atoms with E-state index in [-0.39, 0.29) is 11.9 Å². The minimum atomic E-state index is -0.314. The summed E-state index contributed by atoms with van der Waals surface area (Å²) >= 11 is 8.79. The van der Waals surface area contributed by atoms with E-state index in [1.165, 1.54) is 0 Å². The van der Waals surface area contributed by atoms with Crippen molar-refractivity contribution in [2.45, 2.75) is 26.8 Å². The Hall–Kier alpha value is -2.18. The Morgan fingerprint density at radius 3 is 2.62 bits per heavy atom. The maximum atomic E-state index is 13.1. The number of benzene rings is 2. The van der Waals surface area contributed by atoms with Crippen LogP contribution in [0.25, 0.3) is 0 Å². The van der Waals surface area contributed by atoms with E-state index in [4.69, 9.17) is 12.2 Å². The van der Waals surface area contributed by atoms with Crippen molar-refractivity contribution < 1.29 is 4.79 Å².